The van der Waals surface area contributed by atoms with Gasteiger partial charge < -0.3 is 13.9 Å². The van der Waals surface area contributed by atoms with Gasteiger partial charge in [0, 0.05) is 11.8 Å². The summed E-state index contributed by atoms with van der Waals surface area (Å²) in [5.41, 5.74) is 3.19. The molecule has 1 atom stereocenters. The fourth-order valence-corrected chi connectivity index (χ4v) is 2.69. The predicted octanol–water partition coefficient (Wildman–Crippen LogP) is 3.65. The first-order valence-electron chi connectivity index (χ1n) is 7.28. The van der Waals surface area contributed by atoms with E-state index in [1.807, 2.05) is 53.9 Å². The second kappa shape index (κ2) is 6.01. The number of ether oxygens (including phenoxy) is 2. The number of benzene rings is 1. The van der Waals surface area contributed by atoms with Crippen LogP contribution in [-0.4, -0.2) is 23.6 Å². The molecule has 0 aliphatic heterocycles. The van der Waals surface area contributed by atoms with Crippen molar-refractivity contribution in [2.45, 2.75) is 12.8 Å². The Morgan fingerprint density at radius 1 is 1.17 bits per heavy atom. The molecule has 0 N–H and O–H groups in total. The minimum atomic E-state index is -0.307. The highest BCUT2D eigenvalue weighted by Gasteiger charge is 2.22. The van der Waals surface area contributed by atoms with E-state index in [1.54, 1.807) is 14.2 Å². The van der Waals surface area contributed by atoms with Crippen LogP contribution in [0.25, 0.3) is 16.9 Å². The van der Waals surface area contributed by atoms with E-state index in [-0.39, 0.29) is 5.92 Å². The summed E-state index contributed by atoms with van der Waals surface area (Å²) >= 11 is 0. The molecule has 0 bridgehead atoms. The number of nitrogens with zero attached hydrogens (tertiary/aromatic N) is 3. The first kappa shape index (κ1) is 14.9. The maximum atomic E-state index is 9.42. The van der Waals surface area contributed by atoms with Crippen LogP contribution in [0.4, 0.5) is 0 Å². The lowest BCUT2D eigenvalue weighted by atomic mass is 10.0. The smallest absolute Gasteiger partial charge is 0.137 e. The molecule has 23 heavy (non-hydrogen) atoms. The monoisotopic (exact) mass is 307 g/mol. The molecule has 0 radical (unpaired) electrons. The quantitative estimate of drug-likeness (QED) is 0.738. The number of imidazole rings is 1. The van der Waals surface area contributed by atoms with Gasteiger partial charge in [-0.25, -0.2) is 4.98 Å². The number of methoxy groups -OCH3 is 2. The highest BCUT2D eigenvalue weighted by Crippen LogP contribution is 2.37. The third-order valence-corrected chi connectivity index (χ3v) is 3.83. The molecule has 3 aromatic rings. The number of nitriles is 1. The molecule has 1 unspecified atom stereocenters. The lowest BCUT2D eigenvalue weighted by Gasteiger charge is -2.11. The summed E-state index contributed by atoms with van der Waals surface area (Å²) in [5, 5.41) is 9.42. The molecule has 2 aromatic heterocycles. The van der Waals surface area contributed by atoms with Crippen molar-refractivity contribution in [3.8, 4) is 28.8 Å². The third-order valence-electron chi connectivity index (χ3n) is 3.83. The Bertz CT molecular complexity index is 893. The van der Waals surface area contributed by atoms with E-state index in [9.17, 15) is 5.26 Å². The lowest BCUT2D eigenvalue weighted by Crippen LogP contribution is -1.99. The molecule has 1 aromatic carbocycles. The highest BCUT2D eigenvalue weighted by molar-refractivity contribution is 5.74. The minimum Gasteiger partial charge on any atom is -0.497 e. The van der Waals surface area contributed by atoms with Gasteiger partial charge in [0.15, 0.2) is 0 Å². The van der Waals surface area contributed by atoms with Gasteiger partial charge in [0.1, 0.15) is 17.1 Å². The normalized spacial score (nSPS) is 11.9. The molecule has 0 saturated heterocycles. The van der Waals surface area contributed by atoms with Crippen molar-refractivity contribution in [2.24, 2.45) is 0 Å². The van der Waals surface area contributed by atoms with Crippen LogP contribution in [0.2, 0.25) is 0 Å². The van der Waals surface area contributed by atoms with Crippen molar-refractivity contribution >= 4 is 5.65 Å². The second-order valence-corrected chi connectivity index (χ2v) is 5.19. The summed E-state index contributed by atoms with van der Waals surface area (Å²) < 4.78 is 12.7. The van der Waals surface area contributed by atoms with Crippen molar-refractivity contribution in [1.82, 2.24) is 9.38 Å². The van der Waals surface area contributed by atoms with Crippen LogP contribution in [0.15, 0.2) is 42.6 Å². The van der Waals surface area contributed by atoms with E-state index < -0.39 is 0 Å². The number of pyridine rings is 1. The largest absolute Gasteiger partial charge is 0.497 e. The van der Waals surface area contributed by atoms with E-state index in [0.29, 0.717) is 11.5 Å². The van der Waals surface area contributed by atoms with Crippen LogP contribution < -0.4 is 9.47 Å². The van der Waals surface area contributed by atoms with Crippen LogP contribution in [-0.2, 0) is 0 Å². The van der Waals surface area contributed by atoms with Gasteiger partial charge in [-0.2, -0.15) is 5.26 Å². The summed E-state index contributed by atoms with van der Waals surface area (Å²) in [6.45, 7) is 1.87. The maximum Gasteiger partial charge on any atom is 0.137 e. The SMILES string of the molecule is COc1ccc(OC)c(-c2nc3ccccn3c2C(C)C#N)c1. The standard InChI is InChI=1S/C18H17N3O2/c1-12(11-19)18-17(20-16-6-4-5-9-21(16)18)14-10-13(22-2)7-8-15(14)23-3/h4-10,12H,1-3H3. The molecule has 5 heteroatoms. The summed E-state index contributed by atoms with van der Waals surface area (Å²) in [6, 6.07) is 13.6. The molecule has 0 aliphatic carbocycles. The minimum absolute atomic E-state index is 0.307. The molecule has 116 valence electrons. The topological polar surface area (TPSA) is 59.6 Å². The first-order chi connectivity index (χ1) is 11.2. The van der Waals surface area contributed by atoms with Crippen LogP contribution in [0.1, 0.15) is 18.5 Å². The van der Waals surface area contributed by atoms with Crippen LogP contribution in [0, 0.1) is 11.3 Å². The van der Waals surface area contributed by atoms with Gasteiger partial charge in [-0.15, -0.1) is 0 Å². The van der Waals surface area contributed by atoms with Crippen molar-refractivity contribution < 1.29 is 9.47 Å². The van der Waals surface area contributed by atoms with Gasteiger partial charge in [0.05, 0.1) is 37.6 Å². The fraction of sp³-hybridized carbons (Fsp3) is 0.222. The van der Waals surface area contributed by atoms with Crippen LogP contribution in [0.5, 0.6) is 11.5 Å². The molecule has 2 heterocycles. The molecule has 3 rings (SSSR count). The number of fused-ring (bicyclic) bond motifs is 1. The second-order valence-electron chi connectivity index (χ2n) is 5.19. The Balaban J connectivity index is 2.34. The Morgan fingerprint density at radius 2 is 2.00 bits per heavy atom. The van der Waals surface area contributed by atoms with Crippen molar-refractivity contribution in [1.29, 1.82) is 5.26 Å². The van der Waals surface area contributed by atoms with E-state index in [4.69, 9.17) is 14.5 Å². The van der Waals surface area contributed by atoms with E-state index in [0.717, 1.165) is 22.6 Å². The van der Waals surface area contributed by atoms with E-state index >= 15 is 0 Å². The Hall–Kier alpha value is -3.00. The summed E-state index contributed by atoms with van der Waals surface area (Å²) in [4.78, 5) is 4.71. The predicted molar refractivity (Wildman–Crippen MR) is 87.8 cm³/mol. The van der Waals surface area contributed by atoms with E-state index in [1.165, 1.54) is 0 Å². The molecule has 0 saturated carbocycles. The van der Waals surface area contributed by atoms with Crippen molar-refractivity contribution in [3.05, 3.63) is 48.3 Å². The molecule has 0 fully saturated rings. The zero-order valence-corrected chi connectivity index (χ0v) is 13.3. The average molecular weight is 307 g/mol. The van der Waals surface area contributed by atoms with Gasteiger partial charge >= 0.3 is 0 Å². The van der Waals surface area contributed by atoms with Gasteiger partial charge in [0.25, 0.3) is 0 Å². The maximum absolute atomic E-state index is 9.42. The molecule has 0 amide bonds. The Labute approximate surface area is 134 Å². The van der Waals surface area contributed by atoms with Gasteiger partial charge in [0.2, 0.25) is 0 Å². The highest BCUT2D eigenvalue weighted by atomic mass is 16.5. The molecule has 0 spiro atoms. The van der Waals surface area contributed by atoms with Gasteiger partial charge in [-0.05, 0) is 37.3 Å². The summed E-state index contributed by atoms with van der Waals surface area (Å²) in [6.07, 6.45) is 1.92. The summed E-state index contributed by atoms with van der Waals surface area (Å²) in [7, 11) is 3.24. The fourth-order valence-electron chi connectivity index (χ4n) is 2.69. The number of rotatable bonds is 4. The molecular formula is C18H17N3O2. The Morgan fingerprint density at radius 3 is 2.70 bits per heavy atom. The van der Waals surface area contributed by atoms with Gasteiger partial charge in [-0.3, -0.25) is 0 Å². The first-order valence-corrected chi connectivity index (χ1v) is 7.28. The summed E-state index contributed by atoms with van der Waals surface area (Å²) in [5.74, 6) is 1.10. The van der Waals surface area contributed by atoms with Crippen molar-refractivity contribution in [3.63, 3.8) is 0 Å². The number of aromatic nitrogens is 2. The van der Waals surface area contributed by atoms with Crippen molar-refractivity contribution in [2.75, 3.05) is 14.2 Å². The third kappa shape index (κ3) is 2.49. The number of hydrogen-bond acceptors (Lipinski definition) is 4. The zero-order chi connectivity index (χ0) is 16.4. The average Bonchev–Trinajstić information content (AvgIpc) is 2.99. The lowest BCUT2D eigenvalue weighted by molar-refractivity contribution is 0.404. The van der Waals surface area contributed by atoms with E-state index in [2.05, 4.69) is 6.07 Å². The Kier molecular flexibility index (Phi) is 3.90. The zero-order valence-electron chi connectivity index (χ0n) is 13.3. The van der Waals surface area contributed by atoms with Gasteiger partial charge in [-0.1, -0.05) is 6.07 Å². The molecule has 5 nitrogen and oxygen atoms in total. The molecular weight excluding hydrogens is 290 g/mol. The number of hydrogen-bond donors (Lipinski definition) is 0. The molecule has 0 aliphatic rings. The van der Waals surface area contributed by atoms with Crippen LogP contribution >= 0.6 is 0 Å². The van der Waals surface area contributed by atoms with Crippen LogP contribution in [0.3, 0.4) is 0 Å².